The predicted molar refractivity (Wildman–Crippen MR) is 78.4 cm³/mol. The highest BCUT2D eigenvalue weighted by atomic mass is 16.5. The maximum absolute atomic E-state index is 6.11. The third-order valence-corrected chi connectivity index (χ3v) is 2.85. The number of hydrogen-bond donors (Lipinski definition) is 1. The molecule has 0 bridgehead atoms. The largest absolute Gasteiger partial charge is 0.437 e. The number of nitrogens with zero attached hydrogens (tertiary/aromatic N) is 2. The molecule has 0 atom stereocenters. The van der Waals surface area contributed by atoms with Gasteiger partial charge in [0.25, 0.3) is 0 Å². The average molecular weight is 263 g/mol. The summed E-state index contributed by atoms with van der Waals surface area (Å²) in [5.41, 5.74) is 8.15. The van der Waals surface area contributed by atoms with E-state index in [1.54, 1.807) is 0 Å². The molecule has 0 saturated heterocycles. The second-order valence-corrected chi connectivity index (χ2v) is 4.22. The van der Waals surface area contributed by atoms with Crippen molar-refractivity contribution >= 4 is 5.69 Å². The Labute approximate surface area is 116 Å². The minimum atomic E-state index is 0.366. The van der Waals surface area contributed by atoms with Gasteiger partial charge in [-0.15, -0.1) is 0 Å². The molecule has 20 heavy (non-hydrogen) atoms. The van der Waals surface area contributed by atoms with Crippen LogP contribution in [0.25, 0.3) is 11.3 Å². The minimum Gasteiger partial charge on any atom is -0.437 e. The van der Waals surface area contributed by atoms with Gasteiger partial charge in [0, 0.05) is 5.56 Å². The van der Waals surface area contributed by atoms with E-state index < -0.39 is 0 Å². The molecule has 0 aliphatic rings. The van der Waals surface area contributed by atoms with Crippen molar-refractivity contribution in [3.05, 3.63) is 67.0 Å². The van der Waals surface area contributed by atoms with E-state index in [4.69, 9.17) is 10.5 Å². The van der Waals surface area contributed by atoms with Crippen LogP contribution in [-0.4, -0.2) is 9.97 Å². The number of nitrogen functional groups attached to an aromatic ring is 1. The molecule has 0 spiro atoms. The zero-order chi connectivity index (χ0) is 13.8. The molecular formula is C16H13N3O. The van der Waals surface area contributed by atoms with Gasteiger partial charge in [0.2, 0.25) is 5.88 Å². The average Bonchev–Trinajstić information content (AvgIpc) is 2.51. The fourth-order valence-electron chi connectivity index (χ4n) is 1.89. The summed E-state index contributed by atoms with van der Waals surface area (Å²) in [5.74, 6) is 1.06. The van der Waals surface area contributed by atoms with Crippen molar-refractivity contribution < 1.29 is 4.74 Å². The van der Waals surface area contributed by atoms with Crippen LogP contribution in [-0.2, 0) is 0 Å². The molecule has 0 saturated carbocycles. The molecule has 1 heterocycles. The van der Waals surface area contributed by atoms with Crippen molar-refractivity contribution in [2.45, 2.75) is 0 Å². The molecule has 0 aliphatic heterocycles. The molecule has 3 aromatic rings. The minimum absolute atomic E-state index is 0.366. The number of nitrogens with two attached hydrogens (primary N) is 1. The number of anilines is 1. The molecule has 1 aromatic heterocycles. The lowest BCUT2D eigenvalue weighted by Crippen LogP contribution is -1.99. The molecule has 2 N–H and O–H groups in total. The summed E-state index contributed by atoms with van der Waals surface area (Å²) in [4.78, 5) is 8.34. The van der Waals surface area contributed by atoms with Gasteiger partial charge in [-0.1, -0.05) is 48.5 Å². The normalized spacial score (nSPS) is 10.2. The lowest BCUT2D eigenvalue weighted by molar-refractivity contribution is 0.464. The zero-order valence-electron chi connectivity index (χ0n) is 10.7. The number of aromatic nitrogens is 2. The summed E-state index contributed by atoms with van der Waals surface area (Å²) in [7, 11) is 0. The van der Waals surface area contributed by atoms with Crippen molar-refractivity contribution in [1.29, 1.82) is 0 Å². The van der Waals surface area contributed by atoms with Gasteiger partial charge in [-0.2, -0.15) is 4.98 Å². The number of para-hydroxylation sites is 1. The van der Waals surface area contributed by atoms with Crippen molar-refractivity contribution in [2.24, 2.45) is 0 Å². The van der Waals surface area contributed by atoms with Crippen LogP contribution in [0.1, 0.15) is 0 Å². The van der Waals surface area contributed by atoms with Gasteiger partial charge in [0.15, 0.2) is 0 Å². The highest BCUT2D eigenvalue weighted by molar-refractivity contribution is 5.75. The quantitative estimate of drug-likeness (QED) is 0.785. The summed E-state index contributed by atoms with van der Waals surface area (Å²) >= 11 is 0. The fraction of sp³-hybridized carbons (Fsp3) is 0. The third-order valence-electron chi connectivity index (χ3n) is 2.85. The molecule has 0 amide bonds. The maximum atomic E-state index is 6.11. The summed E-state index contributed by atoms with van der Waals surface area (Å²) in [5, 5.41) is 0. The fourth-order valence-corrected chi connectivity index (χ4v) is 1.89. The van der Waals surface area contributed by atoms with Crippen molar-refractivity contribution in [2.75, 3.05) is 5.73 Å². The van der Waals surface area contributed by atoms with Gasteiger partial charge in [-0.3, -0.25) is 0 Å². The summed E-state index contributed by atoms with van der Waals surface area (Å²) in [6.07, 6.45) is 1.46. The van der Waals surface area contributed by atoms with Gasteiger partial charge >= 0.3 is 0 Å². The molecule has 4 heteroatoms. The van der Waals surface area contributed by atoms with E-state index in [1.807, 2.05) is 60.7 Å². The summed E-state index contributed by atoms with van der Waals surface area (Å²) in [6.45, 7) is 0. The molecule has 4 nitrogen and oxygen atoms in total. The number of benzene rings is 2. The van der Waals surface area contributed by atoms with Crippen LogP contribution in [0.4, 0.5) is 5.69 Å². The predicted octanol–water partition coefficient (Wildman–Crippen LogP) is 3.52. The third kappa shape index (κ3) is 2.44. The van der Waals surface area contributed by atoms with E-state index in [0.29, 0.717) is 23.0 Å². The van der Waals surface area contributed by atoms with Crippen LogP contribution in [0.15, 0.2) is 67.0 Å². The van der Waals surface area contributed by atoms with Crippen LogP contribution in [0.3, 0.4) is 0 Å². The highest BCUT2D eigenvalue weighted by Gasteiger charge is 2.11. The first-order chi connectivity index (χ1) is 9.84. The second kappa shape index (κ2) is 5.40. The second-order valence-electron chi connectivity index (χ2n) is 4.22. The van der Waals surface area contributed by atoms with Crippen molar-refractivity contribution in [3.63, 3.8) is 0 Å². The van der Waals surface area contributed by atoms with Crippen LogP contribution in [0.2, 0.25) is 0 Å². The Kier molecular flexibility index (Phi) is 3.29. The van der Waals surface area contributed by atoms with Crippen molar-refractivity contribution in [1.82, 2.24) is 9.97 Å². The Balaban J connectivity index is 1.98. The Morgan fingerprint density at radius 3 is 2.15 bits per heavy atom. The SMILES string of the molecule is Nc1c(Oc2ccccc2)ncnc1-c1ccccc1. The van der Waals surface area contributed by atoms with Crippen molar-refractivity contribution in [3.8, 4) is 22.9 Å². The van der Waals surface area contributed by atoms with Crippen LogP contribution in [0, 0.1) is 0 Å². The molecular weight excluding hydrogens is 250 g/mol. The lowest BCUT2D eigenvalue weighted by Gasteiger charge is -2.10. The van der Waals surface area contributed by atoms with E-state index in [2.05, 4.69) is 9.97 Å². The van der Waals surface area contributed by atoms with Gasteiger partial charge < -0.3 is 10.5 Å². The number of ether oxygens (including phenoxy) is 1. The molecule has 2 aromatic carbocycles. The van der Waals surface area contributed by atoms with Gasteiger partial charge in [-0.05, 0) is 12.1 Å². The van der Waals surface area contributed by atoms with Gasteiger partial charge in [-0.25, -0.2) is 4.98 Å². The maximum Gasteiger partial charge on any atom is 0.246 e. The summed E-state index contributed by atoms with van der Waals surface area (Å²) in [6, 6.07) is 19.1. The first kappa shape index (κ1) is 12.2. The van der Waals surface area contributed by atoms with E-state index in [9.17, 15) is 0 Å². The Hall–Kier alpha value is -2.88. The van der Waals surface area contributed by atoms with Gasteiger partial charge in [0.05, 0.1) is 0 Å². The molecule has 0 unspecified atom stereocenters. The standard InChI is InChI=1S/C16H13N3O/c17-14-15(12-7-3-1-4-8-12)18-11-19-16(14)20-13-9-5-2-6-10-13/h1-11H,17H2. The Morgan fingerprint density at radius 2 is 1.45 bits per heavy atom. The smallest absolute Gasteiger partial charge is 0.246 e. The molecule has 0 aliphatic carbocycles. The Bertz CT molecular complexity index is 699. The van der Waals surface area contributed by atoms with E-state index in [-0.39, 0.29) is 0 Å². The first-order valence-corrected chi connectivity index (χ1v) is 6.23. The summed E-state index contributed by atoms with van der Waals surface area (Å²) < 4.78 is 5.70. The molecule has 3 rings (SSSR count). The number of hydrogen-bond acceptors (Lipinski definition) is 4. The first-order valence-electron chi connectivity index (χ1n) is 6.23. The van der Waals surface area contributed by atoms with Gasteiger partial charge in [0.1, 0.15) is 23.5 Å². The zero-order valence-corrected chi connectivity index (χ0v) is 10.7. The Morgan fingerprint density at radius 1 is 0.800 bits per heavy atom. The molecule has 98 valence electrons. The van der Waals surface area contributed by atoms with E-state index in [1.165, 1.54) is 6.33 Å². The highest BCUT2D eigenvalue weighted by Crippen LogP contribution is 2.31. The monoisotopic (exact) mass is 263 g/mol. The van der Waals surface area contributed by atoms with E-state index in [0.717, 1.165) is 5.56 Å². The molecule has 0 radical (unpaired) electrons. The lowest BCUT2D eigenvalue weighted by atomic mass is 10.1. The number of rotatable bonds is 3. The van der Waals surface area contributed by atoms with Crippen LogP contribution < -0.4 is 10.5 Å². The van der Waals surface area contributed by atoms with Crippen LogP contribution in [0.5, 0.6) is 11.6 Å². The topological polar surface area (TPSA) is 61.0 Å². The van der Waals surface area contributed by atoms with E-state index >= 15 is 0 Å². The molecule has 0 fully saturated rings. The van der Waals surface area contributed by atoms with Crippen LogP contribution >= 0.6 is 0 Å².